The van der Waals surface area contributed by atoms with Crippen molar-refractivity contribution in [1.82, 2.24) is 5.32 Å². The van der Waals surface area contributed by atoms with Crippen molar-refractivity contribution in [2.45, 2.75) is 0 Å². The number of thioether (sulfide) groups is 1. The van der Waals surface area contributed by atoms with Crippen LogP contribution in [0.4, 0.5) is 13.6 Å². The predicted molar refractivity (Wildman–Crippen MR) is 63.2 cm³/mol. The normalized spacial score (nSPS) is 17.7. The maximum Gasteiger partial charge on any atom is 0.290 e. The summed E-state index contributed by atoms with van der Waals surface area (Å²) < 4.78 is 27.2. The summed E-state index contributed by atoms with van der Waals surface area (Å²) in [5.41, 5.74) is -0.347. The smallest absolute Gasteiger partial charge is 0.282 e. The second-order valence-corrected chi connectivity index (χ2v) is 5.07. The molecule has 17 heavy (non-hydrogen) atoms. The highest BCUT2D eigenvalue weighted by molar-refractivity contribution is 9.10. The highest BCUT2D eigenvalue weighted by atomic mass is 79.9. The zero-order valence-corrected chi connectivity index (χ0v) is 10.5. The number of hydrogen-bond donors (Lipinski definition) is 1. The van der Waals surface area contributed by atoms with Crippen LogP contribution >= 0.6 is 27.7 Å². The van der Waals surface area contributed by atoms with Crippen molar-refractivity contribution in [3.8, 4) is 0 Å². The molecule has 1 fully saturated rings. The van der Waals surface area contributed by atoms with E-state index in [1.54, 1.807) is 0 Å². The zero-order chi connectivity index (χ0) is 12.6. The number of benzene rings is 1. The molecular formula is C10H4BrF2NO2S. The van der Waals surface area contributed by atoms with Gasteiger partial charge in [0, 0.05) is 10.0 Å². The van der Waals surface area contributed by atoms with E-state index >= 15 is 0 Å². The van der Waals surface area contributed by atoms with Crippen molar-refractivity contribution in [1.29, 1.82) is 0 Å². The van der Waals surface area contributed by atoms with Gasteiger partial charge in [0.05, 0.1) is 4.91 Å². The summed E-state index contributed by atoms with van der Waals surface area (Å²) in [7, 11) is 0. The van der Waals surface area contributed by atoms with Crippen molar-refractivity contribution < 1.29 is 18.4 Å². The largest absolute Gasteiger partial charge is 0.290 e. The Labute approximate surface area is 107 Å². The third kappa shape index (κ3) is 2.55. The predicted octanol–water partition coefficient (Wildman–Crippen LogP) is 3.05. The van der Waals surface area contributed by atoms with Gasteiger partial charge < -0.3 is 0 Å². The second-order valence-electron chi connectivity index (χ2n) is 3.14. The molecule has 0 spiro atoms. The Bertz CT molecular complexity index is 536. The van der Waals surface area contributed by atoms with Gasteiger partial charge in [-0.1, -0.05) is 15.9 Å². The number of amides is 2. The Morgan fingerprint density at radius 1 is 1.24 bits per heavy atom. The van der Waals surface area contributed by atoms with Crippen LogP contribution in [0.2, 0.25) is 0 Å². The van der Waals surface area contributed by atoms with Crippen LogP contribution in [0.25, 0.3) is 6.08 Å². The molecule has 0 unspecified atom stereocenters. The Kier molecular flexibility index (Phi) is 3.30. The van der Waals surface area contributed by atoms with E-state index in [4.69, 9.17) is 0 Å². The molecule has 3 nitrogen and oxygen atoms in total. The first-order valence-corrected chi connectivity index (χ1v) is 5.97. The SMILES string of the molecule is O=C1NC(=O)C(=Cc2c(F)cc(Br)cc2F)S1. The number of carbonyl (C=O) groups excluding carboxylic acids is 2. The first kappa shape index (κ1) is 12.3. The zero-order valence-electron chi connectivity index (χ0n) is 8.09. The Hall–Kier alpha value is -1.21. The summed E-state index contributed by atoms with van der Waals surface area (Å²) in [4.78, 5) is 22.0. The van der Waals surface area contributed by atoms with Crippen LogP contribution in [0.1, 0.15) is 5.56 Å². The maximum absolute atomic E-state index is 13.4. The molecule has 1 aromatic carbocycles. The van der Waals surface area contributed by atoms with E-state index in [-0.39, 0.29) is 14.9 Å². The number of imide groups is 1. The van der Waals surface area contributed by atoms with Crippen LogP contribution in [0.15, 0.2) is 21.5 Å². The molecule has 1 aliphatic heterocycles. The highest BCUT2D eigenvalue weighted by Gasteiger charge is 2.26. The van der Waals surface area contributed by atoms with Gasteiger partial charge in [-0.3, -0.25) is 14.9 Å². The van der Waals surface area contributed by atoms with E-state index in [0.29, 0.717) is 11.8 Å². The topological polar surface area (TPSA) is 46.2 Å². The third-order valence-corrected chi connectivity index (χ3v) is 3.23. The minimum absolute atomic E-state index is 0.0323. The van der Waals surface area contributed by atoms with Crippen LogP contribution < -0.4 is 5.32 Å². The summed E-state index contributed by atoms with van der Waals surface area (Å²) in [6, 6.07) is 2.16. The van der Waals surface area contributed by atoms with Gasteiger partial charge >= 0.3 is 0 Å². The van der Waals surface area contributed by atoms with Crippen LogP contribution in [-0.4, -0.2) is 11.1 Å². The maximum atomic E-state index is 13.4. The van der Waals surface area contributed by atoms with E-state index in [2.05, 4.69) is 15.9 Å². The van der Waals surface area contributed by atoms with Crippen molar-refractivity contribution >= 4 is 44.9 Å². The van der Waals surface area contributed by atoms with Gasteiger partial charge in [0.1, 0.15) is 11.6 Å². The number of rotatable bonds is 1. The molecular weight excluding hydrogens is 316 g/mol. The lowest BCUT2D eigenvalue weighted by Crippen LogP contribution is -2.17. The van der Waals surface area contributed by atoms with Crippen LogP contribution in [-0.2, 0) is 4.79 Å². The molecule has 0 bridgehead atoms. The van der Waals surface area contributed by atoms with Crippen molar-refractivity contribution in [3.05, 3.63) is 38.7 Å². The minimum Gasteiger partial charge on any atom is -0.282 e. The highest BCUT2D eigenvalue weighted by Crippen LogP contribution is 2.28. The standard InChI is InChI=1S/C10H4BrF2NO2S/c11-4-1-6(12)5(7(13)2-4)3-8-9(15)14-10(16)17-8/h1-3H,(H,14,15,16). The van der Waals surface area contributed by atoms with E-state index in [1.807, 2.05) is 5.32 Å². The van der Waals surface area contributed by atoms with Crippen molar-refractivity contribution in [2.24, 2.45) is 0 Å². The molecule has 1 aliphatic rings. The Morgan fingerprint density at radius 3 is 2.29 bits per heavy atom. The summed E-state index contributed by atoms with van der Waals surface area (Å²) in [5, 5.41) is 1.44. The molecule has 2 amide bonds. The minimum atomic E-state index is -0.808. The molecule has 1 N–H and O–H groups in total. The van der Waals surface area contributed by atoms with Crippen molar-refractivity contribution in [2.75, 3.05) is 0 Å². The number of halogens is 3. The molecule has 88 valence electrons. The van der Waals surface area contributed by atoms with Crippen LogP contribution in [0.5, 0.6) is 0 Å². The Balaban J connectivity index is 2.46. The van der Waals surface area contributed by atoms with Crippen molar-refractivity contribution in [3.63, 3.8) is 0 Å². The first-order chi connectivity index (χ1) is 7.97. The van der Waals surface area contributed by atoms with Crippen LogP contribution in [0.3, 0.4) is 0 Å². The van der Waals surface area contributed by atoms with E-state index in [1.165, 1.54) is 0 Å². The lowest BCUT2D eigenvalue weighted by Gasteiger charge is -2.01. The molecule has 1 aromatic rings. The summed E-state index contributed by atoms with van der Waals surface area (Å²) in [6.07, 6.45) is 1.02. The fraction of sp³-hybridized carbons (Fsp3) is 0. The molecule has 2 rings (SSSR count). The van der Waals surface area contributed by atoms with Gasteiger partial charge in [0.25, 0.3) is 11.1 Å². The van der Waals surface area contributed by atoms with Gasteiger partial charge in [0.15, 0.2) is 0 Å². The van der Waals surface area contributed by atoms with E-state index < -0.39 is 22.8 Å². The van der Waals surface area contributed by atoms with Gasteiger partial charge in [-0.05, 0) is 30.0 Å². The summed E-state index contributed by atoms with van der Waals surface area (Å²) in [5.74, 6) is -2.27. The number of hydrogen-bond acceptors (Lipinski definition) is 3. The molecule has 0 radical (unpaired) electrons. The molecule has 1 heterocycles. The molecule has 0 atom stereocenters. The quantitative estimate of drug-likeness (QED) is 0.809. The fourth-order valence-corrected chi connectivity index (χ4v) is 2.31. The third-order valence-electron chi connectivity index (χ3n) is 1.96. The Morgan fingerprint density at radius 2 is 1.82 bits per heavy atom. The van der Waals surface area contributed by atoms with E-state index in [9.17, 15) is 18.4 Å². The first-order valence-electron chi connectivity index (χ1n) is 4.37. The number of carbonyl (C=O) groups is 2. The summed E-state index contributed by atoms with van der Waals surface area (Å²) in [6.45, 7) is 0. The van der Waals surface area contributed by atoms with Gasteiger partial charge in [0.2, 0.25) is 0 Å². The molecule has 7 heteroatoms. The second kappa shape index (κ2) is 4.58. The molecule has 1 saturated heterocycles. The monoisotopic (exact) mass is 319 g/mol. The van der Waals surface area contributed by atoms with Gasteiger partial charge in [-0.15, -0.1) is 0 Å². The lowest BCUT2D eigenvalue weighted by atomic mass is 10.2. The molecule has 0 aromatic heterocycles. The molecule has 0 aliphatic carbocycles. The van der Waals surface area contributed by atoms with Gasteiger partial charge in [-0.2, -0.15) is 0 Å². The summed E-state index contributed by atoms with van der Waals surface area (Å²) >= 11 is 3.55. The molecule has 0 saturated carbocycles. The van der Waals surface area contributed by atoms with Gasteiger partial charge in [-0.25, -0.2) is 8.78 Å². The fourth-order valence-electron chi connectivity index (χ4n) is 1.24. The average molecular weight is 320 g/mol. The van der Waals surface area contributed by atoms with E-state index in [0.717, 1.165) is 18.2 Å². The lowest BCUT2D eigenvalue weighted by molar-refractivity contribution is -0.115. The van der Waals surface area contributed by atoms with Crippen LogP contribution in [0, 0.1) is 11.6 Å². The average Bonchev–Trinajstić information content (AvgIpc) is 2.51. The number of nitrogens with one attached hydrogen (secondary N) is 1.